The molecule has 2 rings (SSSR count). The van der Waals surface area contributed by atoms with E-state index in [1.54, 1.807) is 6.92 Å². The van der Waals surface area contributed by atoms with Gasteiger partial charge in [-0.05, 0) is 25.0 Å². The van der Waals surface area contributed by atoms with E-state index in [-0.39, 0.29) is 11.5 Å². The fourth-order valence-corrected chi connectivity index (χ4v) is 2.41. The SMILES string of the molecule is CCOC(=O)NCC(C)(c1ccccc1)c1ccccc1. The van der Waals surface area contributed by atoms with Crippen LogP contribution >= 0.6 is 0 Å². The average Bonchev–Trinajstić information content (AvgIpc) is 2.54. The number of nitrogens with one attached hydrogen (secondary N) is 1. The van der Waals surface area contributed by atoms with Crippen molar-refractivity contribution in [2.75, 3.05) is 13.2 Å². The monoisotopic (exact) mass is 283 g/mol. The molecule has 0 atom stereocenters. The summed E-state index contributed by atoms with van der Waals surface area (Å²) >= 11 is 0. The first kappa shape index (κ1) is 15.1. The molecule has 0 aliphatic carbocycles. The Bertz CT molecular complexity index is 527. The maximum Gasteiger partial charge on any atom is 0.407 e. The van der Waals surface area contributed by atoms with Crippen LogP contribution in [-0.2, 0) is 10.2 Å². The minimum atomic E-state index is -0.379. The third kappa shape index (κ3) is 3.63. The van der Waals surface area contributed by atoms with Gasteiger partial charge in [-0.3, -0.25) is 0 Å². The van der Waals surface area contributed by atoms with Gasteiger partial charge in [-0.15, -0.1) is 0 Å². The zero-order valence-corrected chi connectivity index (χ0v) is 12.5. The lowest BCUT2D eigenvalue weighted by atomic mass is 9.76. The second-order valence-corrected chi connectivity index (χ2v) is 5.14. The molecule has 2 aromatic carbocycles. The van der Waals surface area contributed by atoms with Crippen LogP contribution < -0.4 is 5.32 Å². The summed E-state index contributed by atoms with van der Waals surface area (Å²) < 4.78 is 4.96. The summed E-state index contributed by atoms with van der Waals surface area (Å²) in [6, 6.07) is 20.4. The van der Waals surface area contributed by atoms with Gasteiger partial charge in [0.15, 0.2) is 0 Å². The second kappa shape index (κ2) is 6.93. The van der Waals surface area contributed by atoms with E-state index in [1.165, 1.54) is 0 Å². The molecule has 3 nitrogen and oxygen atoms in total. The van der Waals surface area contributed by atoms with Crippen LogP contribution in [0.3, 0.4) is 0 Å². The Morgan fingerprint density at radius 2 is 1.48 bits per heavy atom. The molecule has 0 saturated carbocycles. The minimum absolute atomic E-state index is 0.296. The highest BCUT2D eigenvalue weighted by atomic mass is 16.5. The van der Waals surface area contributed by atoms with Crippen molar-refractivity contribution in [3.63, 3.8) is 0 Å². The quantitative estimate of drug-likeness (QED) is 0.907. The number of amides is 1. The van der Waals surface area contributed by atoms with E-state index >= 15 is 0 Å². The largest absolute Gasteiger partial charge is 0.450 e. The molecular formula is C18H21NO2. The lowest BCUT2D eigenvalue weighted by molar-refractivity contribution is 0.150. The van der Waals surface area contributed by atoms with Crippen LogP contribution in [-0.4, -0.2) is 19.2 Å². The molecule has 0 saturated heterocycles. The zero-order chi connectivity index (χ0) is 15.1. The summed E-state index contributed by atoms with van der Waals surface area (Å²) in [5.41, 5.74) is 2.02. The Kier molecular flexibility index (Phi) is 4.99. The fraction of sp³-hybridized carbons (Fsp3) is 0.278. The lowest BCUT2D eigenvalue weighted by Gasteiger charge is -2.31. The molecule has 0 heterocycles. The van der Waals surface area contributed by atoms with Crippen LogP contribution in [0.25, 0.3) is 0 Å². The standard InChI is InChI=1S/C18H21NO2/c1-3-21-17(20)19-14-18(2,15-10-6-4-7-11-15)16-12-8-5-9-13-16/h4-13H,3,14H2,1-2H3,(H,19,20). The number of ether oxygens (including phenoxy) is 1. The Hall–Kier alpha value is -2.29. The topological polar surface area (TPSA) is 38.3 Å². The summed E-state index contributed by atoms with van der Waals surface area (Å²) in [5.74, 6) is 0. The highest BCUT2D eigenvalue weighted by Crippen LogP contribution is 2.31. The molecule has 0 unspecified atom stereocenters. The van der Waals surface area contributed by atoms with Crippen molar-refractivity contribution >= 4 is 6.09 Å². The number of rotatable bonds is 5. The first-order chi connectivity index (χ1) is 10.2. The Labute approximate surface area is 126 Å². The van der Waals surface area contributed by atoms with Crippen molar-refractivity contribution in [1.29, 1.82) is 0 Å². The van der Waals surface area contributed by atoms with Gasteiger partial charge in [0.1, 0.15) is 0 Å². The van der Waals surface area contributed by atoms with Crippen LogP contribution in [0.1, 0.15) is 25.0 Å². The van der Waals surface area contributed by atoms with E-state index < -0.39 is 0 Å². The molecule has 0 aliphatic rings. The summed E-state index contributed by atoms with van der Waals surface area (Å²) in [6.07, 6.45) is -0.379. The number of benzene rings is 2. The number of hydrogen-bond donors (Lipinski definition) is 1. The third-order valence-corrected chi connectivity index (χ3v) is 3.68. The van der Waals surface area contributed by atoms with Crippen molar-refractivity contribution in [3.05, 3.63) is 71.8 Å². The second-order valence-electron chi connectivity index (χ2n) is 5.14. The van der Waals surface area contributed by atoms with Crippen molar-refractivity contribution in [2.45, 2.75) is 19.3 Å². The molecule has 0 fully saturated rings. The van der Waals surface area contributed by atoms with Gasteiger partial charge in [0.05, 0.1) is 6.61 Å². The molecule has 1 N–H and O–H groups in total. The Morgan fingerprint density at radius 3 is 1.90 bits per heavy atom. The van der Waals surface area contributed by atoms with Crippen LogP contribution in [0.2, 0.25) is 0 Å². The highest BCUT2D eigenvalue weighted by Gasteiger charge is 2.29. The Balaban J connectivity index is 2.29. The van der Waals surface area contributed by atoms with Crippen molar-refractivity contribution in [2.24, 2.45) is 0 Å². The van der Waals surface area contributed by atoms with Gasteiger partial charge in [0.2, 0.25) is 0 Å². The molecule has 0 aromatic heterocycles. The smallest absolute Gasteiger partial charge is 0.407 e. The molecule has 1 amide bonds. The van der Waals surface area contributed by atoms with Crippen molar-refractivity contribution in [3.8, 4) is 0 Å². The number of alkyl carbamates (subject to hydrolysis) is 1. The van der Waals surface area contributed by atoms with Gasteiger partial charge in [0.25, 0.3) is 0 Å². The van der Waals surface area contributed by atoms with Crippen LogP contribution in [0.4, 0.5) is 4.79 Å². The normalized spacial score (nSPS) is 11.0. The Morgan fingerprint density at radius 1 is 1.00 bits per heavy atom. The van der Waals surface area contributed by atoms with Crippen LogP contribution in [0.15, 0.2) is 60.7 Å². The van der Waals surface area contributed by atoms with Crippen molar-refractivity contribution < 1.29 is 9.53 Å². The minimum Gasteiger partial charge on any atom is -0.450 e. The number of carbonyl (C=O) groups is 1. The summed E-state index contributed by atoms with van der Waals surface area (Å²) in [7, 11) is 0. The van der Waals surface area contributed by atoms with E-state index in [0.29, 0.717) is 13.2 Å². The maximum absolute atomic E-state index is 11.6. The van der Waals surface area contributed by atoms with Crippen LogP contribution in [0.5, 0.6) is 0 Å². The molecule has 0 radical (unpaired) electrons. The zero-order valence-electron chi connectivity index (χ0n) is 12.5. The summed E-state index contributed by atoms with van der Waals surface area (Å²) in [6.45, 7) is 4.79. The first-order valence-electron chi connectivity index (χ1n) is 7.18. The maximum atomic E-state index is 11.6. The molecule has 110 valence electrons. The van der Waals surface area contributed by atoms with E-state index in [2.05, 4.69) is 36.5 Å². The third-order valence-electron chi connectivity index (χ3n) is 3.68. The molecule has 0 aliphatic heterocycles. The average molecular weight is 283 g/mol. The summed E-state index contributed by atoms with van der Waals surface area (Å²) in [4.78, 5) is 11.6. The number of carbonyl (C=O) groups excluding carboxylic acids is 1. The molecule has 2 aromatic rings. The lowest BCUT2D eigenvalue weighted by Crippen LogP contribution is -2.39. The van der Waals surface area contributed by atoms with Crippen LogP contribution in [0, 0.1) is 0 Å². The van der Waals surface area contributed by atoms with E-state index in [0.717, 1.165) is 11.1 Å². The molecule has 0 bridgehead atoms. The predicted octanol–water partition coefficient (Wildman–Crippen LogP) is 3.74. The van der Waals surface area contributed by atoms with Gasteiger partial charge in [-0.1, -0.05) is 60.7 Å². The fourth-order valence-electron chi connectivity index (χ4n) is 2.41. The van der Waals surface area contributed by atoms with Gasteiger partial charge in [-0.2, -0.15) is 0 Å². The number of hydrogen-bond acceptors (Lipinski definition) is 2. The van der Waals surface area contributed by atoms with E-state index in [9.17, 15) is 4.79 Å². The molecule has 0 spiro atoms. The molecule has 3 heteroatoms. The molecule has 21 heavy (non-hydrogen) atoms. The van der Waals surface area contributed by atoms with E-state index in [4.69, 9.17) is 4.74 Å². The highest BCUT2D eigenvalue weighted by molar-refractivity contribution is 5.67. The first-order valence-corrected chi connectivity index (χ1v) is 7.18. The van der Waals surface area contributed by atoms with Gasteiger partial charge < -0.3 is 10.1 Å². The van der Waals surface area contributed by atoms with Gasteiger partial charge in [0, 0.05) is 12.0 Å². The predicted molar refractivity (Wildman–Crippen MR) is 84.4 cm³/mol. The van der Waals surface area contributed by atoms with Gasteiger partial charge >= 0.3 is 6.09 Å². The molecular weight excluding hydrogens is 262 g/mol. The van der Waals surface area contributed by atoms with Gasteiger partial charge in [-0.25, -0.2) is 4.79 Å². The van der Waals surface area contributed by atoms with Crippen molar-refractivity contribution in [1.82, 2.24) is 5.32 Å². The summed E-state index contributed by atoms with van der Waals surface area (Å²) in [5, 5.41) is 2.86. The van der Waals surface area contributed by atoms with E-state index in [1.807, 2.05) is 36.4 Å².